The van der Waals surface area contributed by atoms with Crippen LogP contribution >= 0.6 is 11.8 Å². The van der Waals surface area contributed by atoms with E-state index < -0.39 is 12.0 Å². The number of ether oxygens (including phenoxy) is 1. The van der Waals surface area contributed by atoms with Crippen molar-refractivity contribution in [2.75, 3.05) is 18.6 Å². The predicted molar refractivity (Wildman–Crippen MR) is 102 cm³/mol. The summed E-state index contributed by atoms with van der Waals surface area (Å²) in [6.45, 7) is -0.347. The van der Waals surface area contributed by atoms with E-state index in [2.05, 4.69) is 5.32 Å². The van der Waals surface area contributed by atoms with E-state index in [4.69, 9.17) is 4.74 Å². The number of hydrogen-bond acceptors (Lipinski definition) is 5. The van der Waals surface area contributed by atoms with Crippen molar-refractivity contribution < 1.29 is 19.1 Å². The van der Waals surface area contributed by atoms with Gasteiger partial charge in [0.05, 0.1) is 0 Å². The van der Waals surface area contributed by atoms with Crippen molar-refractivity contribution in [2.45, 2.75) is 12.5 Å². The molecule has 0 saturated carbocycles. The summed E-state index contributed by atoms with van der Waals surface area (Å²) < 4.78 is 5.14. The number of esters is 1. The summed E-state index contributed by atoms with van der Waals surface area (Å²) in [5.74, 6) is -0.547. The molecule has 2 aromatic carbocycles. The Kier molecular flexibility index (Phi) is 7.89. The topological polar surface area (TPSA) is 72.5 Å². The van der Waals surface area contributed by atoms with Gasteiger partial charge in [0.2, 0.25) is 0 Å². The first-order valence-electron chi connectivity index (χ1n) is 8.21. The van der Waals surface area contributed by atoms with Crippen LogP contribution in [0.1, 0.15) is 27.1 Å². The van der Waals surface area contributed by atoms with Gasteiger partial charge in [-0.05, 0) is 30.6 Å². The lowest BCUT2D eigenvalue weighted by Gasteiger charge is -2.17. The molecule has 2 rings (SSSR count). The molecule has 0 aliphatic rings. The molecular formula is C20H21NO4S. The van der Waals surface area contributed by atoms with Crippen molar-refractivity contribution in [2.24, 2.45) is 0 Å². The number of amides is 1. The van der Waals surface area contributed by atoms with E-state index in [9.17, 15) is 14.4 Å². The van der Waals surface area contributed by atoms with Crippen LogP contribution < -0.4 is 5.32 Å². The van der Waals surface area contributed by atoms with Crippen LogP contribution in [0.5, 0.6) is 0 Å². The van der Waals surface area contributed by atoms with Crippen molar-refractivity contribution in [3.05, 3.63) is 71.8 Å². The molecular weight excluding hydrogens is 350 g/mol. The summed E-state index contributed by atoms with van der Waals surface area (Å²) in [5, 5.41) is 2.69. The molecule has 1 N–H and O–H groups in total. The van der Waals surface area contributed by atoms with E-state index in [1.807, 2.05) is 12.3 Å². The monoisotopic (exact) mass is 371 g/mol. The van der Waals surface area contributed by atoms with E-state index in [-0.39, 0.29) is 18.3 Å². The van der Waals surface area contributed by atoms with Gasteiger partial charge in [-0.25, -0.2) is 4.79 Å². The third kappa shape index (κ3) is 6.04. The zero-order valence-corrected chi connectivity index (χ0v) is 15.3. The Morgan fingerprint density at radius 1 is 0.962 bits per heavy atom. The minimum atomic E-state index is -0.793. The molecule has 1 atom stereocenters. The second-order valence-corrected chi connectivity index (χ2v) is 6.56. The number of carbonyl (C=O) groups excluding carboxylic acids is 3. The molecule has 2 aromatic rings. The predicted octanol–water partition coefficient (Wildman–Crippen LogP) is 2.96. The molecule has 1 amide bonds. The van der Waals surface area contributed by atoms with Crippen molar-refractivity contribution in [3.8, 4) is 0 Å². The normalized spacial score (nSPS) is 11.4. The Bertz CT molecular complexity index is 734. The lowest BCUT2D eigenvalue weighted by Crippen LogP contribution is -2.42. The standard InChI is InChI=1S/C20H21NO4S/c1-26-13-12-17(21-19(23)16-10-6-3-7-11-16)20(24)25-14-18(22)15-8-4-2-5-9-15/h2-11,17H,12-14H2,1H3,(H,21,23)/t17-/m0/s1. The highest BCUT2D eigenvalue weighted by atomic mass is 32.2. The molecule has 0 bridgehead atoms. The Hall–Kier alpha value is -2.60. The Morgan fingerprint density at radius 2 is 1.54 bits per heavy atom. The number of ketones is 1. The number of benzene rings is 2. The van der Waals surface area contributed by atoms with Gasteiger partial charge in [-0.1, -0.05) is 48.5 Å². The van der Waals surface area contributed by atoms with Crippen LogP contribution in [0.3, 0.4) is 0 Å². The van der Waals surface area contributed by atoms with Crippen LogP contribution in [0, 0.1) is 0 Å². The van der Waals surface area contributed by atoms with Crippen molar-refractivity contribution in [1.29, 1.82) is 0 Å². The molecule has 0 aliphatic heterocycles. The van der Waals surface area contributed by atoms with Crippen LogP contribution in [0.25, 0.3) is 0 Å². The Balaban J connectivity index is 1.95. The average molecular weight is 371 g/mol. The molecule has 0 aromatic heterocycles. The summed E-state index contributed by atoms with van der Waals surface area (Å²) in [5.41, 5.74) is 0.948. The molecule has 0 aliphatic carbocycles. The third-order valence-corrected chi connectivity index (χ3v) is 4.32. The van der Waals surface area contributed by atoms with Gasteiger partial charge in [0.1, 0.15) is 6.04 Å². The summed E-state index contributed by atoms with van der Waals surface area (Å²) in [6.07, 6.45) is 2.35. The van der Waals surface area contributed by atoms with Crippen LogP contribution in [0.4, 0.5) is 0 Å². The maximum Gasteiger partial charge on any atom is 0.329 e. The molecule has 0 heterocycles. The van der Waals surface area contributed by atoms with Gasteiger partial charge in [-0.15, -0.1) is 0 Å². The fraction of sp³-hybridized carbons (Fsp3) is 0.250. The number of Topliss-reactive ketones (excluding diaryl/α,β-unsaturated/α-hetero) is 1. The largest absolute Gasteiger partial charge is 0.456 e. The van der Waals surface area contributed by atoms with E-state index in [0.717, 1.165) is 0 Å². The lowest BCUT2D eigenvalue weighted by atomic mass is 10.1. The molecule has 0 spiro atoms. The van der Waals surface area contributed by atoms with Crippen molar-refractivity contribution in [1.82, 2.24) is 5.32 Å². The van der Waals surface area contributed by atoms with E-state index in [1.165, 1.54) is 0 Å². The van der Waals surface area contributed by atoms with Crippen LogP contribution in [-0.4, -0.2) is 42.3 Å². The first kappa shape index (κ1) is 19.7. The zero-order valence-electron chi connectivity index (χ0n) is 14.5. The maximum atomic E-state index is 12.4. The van der Waals surface area contributed by atoms with Gasteiger partial charge < -0.3 is 10.1 Å². The third-order valence-electron chi connectivity index (χ3n) is 3.68. The number of rotatable bonds is 9. The molecule has 26 heavy (non-hydrogen) atoms. The highest BCUT2D eigenvalue weighted by Crippen LogP contribution is 2.07. The highest BCUT2D eigenvalue weighted by molar-refractivity contribution is 7.98. The Labute approximate surface area is 157 Å². The first-order chi connectivity index (χ1) is 12.6. The SMILES string of the molecule is CSCC[C@H](NC(=O)c1ccccc1)C(=O)OCC(=O)c1ccccc1. The fourth-order valence-electron chi connectivity index (χ4n) is 2.26. The minimum absolute atomic E-state index is 0.281. The smallest absolute Gasteiger partial charge is 0.329 e. The second-order valence-electron chi connectivity index (χ2n) is 5.57. The van der Waals surface area contributed by atoms with E-state index >= 15 is 0 Å². The maximum absolute atomic E-state index is 12.4. The van der Waals surface area contributed by atoms with Gasteiger partial charge in [-0.3, -0.25) is 9.59 Å². The molecule has 5 nitrogen and oxygen atoms in total. The van der Waals surface area contributed by atoms with Crippen LogP contribution in [0.15, 0.2) is 60.7 Å². The second kappa shape index (κ2) is 10.4. The highest BCUT2D eigenvalue weighted by Gasteiger charge is 2.23. The number of carbonyl (C=O) groups is 3. The minimum Gasteiger partial charge on any atom is -0.456 e. The van der Waals surface area contributed by atoms with Gasteiger partial charge in [0.15, 0.2) is 12.4 Å². The fourth-order valence-corrected chi connectivity index (χ4v) is 2.73. The Morgan fingerprint density at radius 3 is 2.12 bits per heavy atom. The molecule has 0 radical (unpaired) electrons. The summed E-state index contributed by atoms with van der Waals surface area (Å²) in [4.78, 5) is 36.7. The number of nitrogens with one attached hydrogen (secondary N) is 1. The van der Waals surface area contributed by atoms with Crippen molar-refractivity contribution in [3.63, 3.8) is 0 Å². The molecule has 0 unspecified atom stereocenters. The number of thioether (sulfide) groups is 1. The zero-order chi connectivity index (χ0) is 18.8. The van der Waals surface area contributed by atoms with Gasteiger partial charge in [-0.2, -0.15) is 11.8 Å². The molecule has 136 valence electrons. The summed E-state index contributed by atoms with van der Waals surface area (Å²) >= 11 is 1.57. The lowest BCUT2D eigenvalue weighted by molar-refractivity contribution is -0.144. The average Bonchev–Trinajstić information content (AvgIpc) is 2.70. The van der Waals surface area contributed by atoms with Crippen molar-refractivity contribution >= 4 is 29.4 Å². The van der Waals surface area contributed by atoms with Crippen LogP contribution in [0.2, 0.25) is 0 Å². The van der Waals surface area contributed by atoms with Gasteiger partial charge >= 0.3 is 5.97 Å². The van der Waals surface area contributed by atoms with E-state index in [1.54, 1.807) is 66.4 Å². The quantitative estimate of drug-likeness (QED) is 0.542. The van der Waals surface area contributed by atoms with Crippen LogP contribution in [-0.2, 0) is 9.53 Å². The molecule has 0 saturated heterocycles. The summed E-state index contributed by atoms with van der Waals surface area (Å²) in [6, 6.07) is 16.5. The van der Waals surface area contributed by atoms with Gasteiger partial charge in [0, 0.05) is 11.1 Å². The first-order valence-corrected chi connectivity index (χ1v) is 9.61. The number of hydrogen-bond donors (Lipinski definition) is 1. The van der Waals surface area contributed by atoms with Gasteiger partial charge in [0.25, 0.3) is 5.91 Å². The molecule has 6 heteroatoms. The molecule has 0 fully saturated rings. The summed E-state index contributed by atoms with van der Waals surface area (Å²) in [7, 11) is 0. The van der Waals surface area contributed by atoms with E-state index in [0.29, 0.717) is 23.3 Å².